The second kappa shape index (κ2) is 5.68. The van der Waals surface area contributed by atoms with Crippen molar-refractivity contribution >= 4 is 5.97 Å². The molecule has 3 heteroatoms. The molecule has 0 saturated heterocycles. The lowest BCUT2D eigenvalue weighted by atomic mass is 9.93. The van der Waals surface area contributed by atoms with Gasteiger partial charge in [-0.3, -0.25) is 4.79 Å². The standard InChI is InChI=1S/C15H19NO2/c1-11-7-5-6-8-13(11)12(10-16)9-14(17)18-15(2,3)4/h5-8,12H,9H2,1-4H3. The Morgan fingerprint density at radius 3 is 2.50 bits per heavy atom. The van der Waals surface area contributed by atoms with Crippen LogP contribution in [0.4, 0.5) is 0 Å². The number of hydrogen-bond acceptors (Lipinski definition) is 3. The maximum Gasteiger partial charge on any atom is 0.307 e. The van der Waals surface area contributed by atoms with Crippen molar-refractivity contribution in [1.29, 1.82) is 5.26 Å². The van der Waals surface area contributed by atoms with Gasteiger partial charge in [0.05, 0.1) is 18.4 Å². The molecule has 1 aromatic carbocycles. The highest BCUT2D eigenvalue weighted by molar-refractivity contribution is 5.71. The van der Waals surface area contributed by atoms with Crippen LogP contribution in [0.3, 0.4) is 0 Å². The Hall–Kier alpha value is -1.82. The fraction of sp³-hybridized carbons (Fsp3) is 0.467. The van der Waals surface area contributed by atoms with Gasteiger partial charge >= 0.3 is 5.97 Å². The first-order valence-corrected chi connectivity index (χ1v) is 6.00. The van der Waals surface area contributed by atoms with Crippen LogP contribution in [0, 0.1) is 18.3 Å². The minimum atomic E-state index is -0.511. The molecule has 1 atom stereocenters. The van der Waals surface area contributed by atoms with E-state index < -0.39 is 11.5 Å². The Morgan fingerprint density at radius 1 is 1.39 bits per heavy atom. The number of rotatable bonds is 3. The summed E-state index contributed by atoms with van der Waals surface area (Å²) in [5.74, 6) is -0.779. The first-order valence-electron chi connectivity index (χ1n) is 6.00. The number of nitrogens with zero attached hydrogens (tertiary/aromatic N) is 1. The van der Waals surface area contributed by atoms with Crippen LogP contribution < -0.4 is 0 Å². The quantitative estimate of drug-likeness (QED) is 0.767. The minimum Gasteiger partial charge on any atom is -0.460 e. The van der Waals surface area contributed by atoms with Crippen molar-refractivity contribution in [1.82, 2.24) is 0 Å². The predicted molar refractivity (Wildman–Crippen MR) is 70.0 cm³/mol. The zero-order chi connectivity index (χ0) is 13.8. The number of esters is 1. The van der Waals surface area contributed by atoms with E-state index in [-0.39, 0.29) is 12.4 Å². The molecule has 3 nitrogen and oxygen atoms in total. The molecular formula is C15H19NO2. The van der Waals surface area contributed by atoms with Gasteiger partial charge in [0, 0.05) is 0 Å². The maximum atomic E-state index is 11.7. The molecule has 0 heterocycles. The number of hydrogen-bond donors (Lipinski definition) is 0. The van der Waals surface area contributed by atoms with E-state index in [1.807, 2.05) is 52.0 Å². The number of carbonyl (C=O) groups excluding carboxylic acids is 1. The summed E-state index contributed by atoms with van der Waals surface area (Å²) in [5, 5.41) is 9.19. The van der Waals surface area contributed by atoms with Gasteiger partial charge in [0.2, 0.25) is 0 Å². The van der Waals surface area contributed by atoms with Crippen LogP contribution in [0.1, 0.15) is 44.2 Å². The molecule has 0 N–H and O–H groups in total. The van der Waals surface area contributed by atoms with Gasteiger partial charge < -0.3 is 4.74 Å². The topological polar surface area (TPSA) is 50.1 Å². The van der Waals surface area contributed by atoms with Gasteiger partial charge in [-0.15, -0.1) is 0 Å². The Labute approximate surface area is 108 Å². The molecule has 0 bridgehead atoms. The van der Waals surface area contributed by atoms with Crippen LogP contribution in [0.2, 0.25) is 0 Å². The van der Waals surface area contributed by atoms with Crippen LogP contribution in [-0.2, 0) is 9.53 Å². The summed E-state index contributed by atoms with van der Waals surface area (Å²) in [4.78, 5) is 11.7. The summed E-state index contributed by atoms with van der Waals surface area (Å²) in [6.45, 7) is 7.40. The highest BCUT2D eigenvalue weighted by atomic mass is 16.6. The van der Waals surface area contributed by atoms with Crippen LogP contribution in [-0.4, -0.2) is 11.6 Å². The monoisotopic (exact) mass is 245 g/mol. The van der Waals surface area contributed by atoms with Gasteiger partial charge in [0.15, 0.2) is 0 Å². The molecule has 0 aromatic heterocycles. The summed E-state index contributed by atoms with van der Waals surface area (Å²) in [6, 6.07) is 9.79. The molecule has 0 amide bonds. The Balaban J connectivity index is 2.79. The van der Waals surface area contributed by atoms with E-state index in [4.69, 9.17) is 4.74 Å². The third-order valence-corrected chi connectivity index (χ3v) is 2.51. The smallest absolute Gasteiger partial charge is 0.307 e. The molecule has 1 rings (SSSR count). The third-order valence-electron chi connectivity index (χ3n) is 2.51. The molecule has 0 radical (unpaired) electrons. The predicted octanol–water partition coefficient (Wildman–Crippen LogP) is 3.33. The van der Waals surface area contributed by atoms with Gasteiger partial charge in [0.1, 0.15) is 5.60 Å². The fourth-order valence-corrected chi connectivity index (χ4v) is 1.75. The highest BCUT2D eigenvalue weighted by Gasteiger charge is 2.22. The zero-order valence-corrected chi connectivity index (χ0v) is 11.4. The lowest BCUT2D eigenvalue weighted by molar-refractivity contribution is -0.154. The molecule has 18 heavy (non-hydrogen) atoms. The molecule has 1 aromatic rings. The van der Waals surface area contributed by atoms with Gasteiger partial charge in [0.25, 0.3) is 0 Å². The number of ether oxygens (including phenoxy) is 1. The SMILES string of the molecule is Cc1ccccc1C(C#N)CC(=O)OC(C)(C)C. The summed E-state index contributed by atoms with van der Waals surface area (Å²) < 4.78 is 5.24. The molecule has 0 spiro atoms. The summed E-state index contributed by atoms with van der Waals surface area (Å²) in [7, 11) is 0. The second-order valence-electron chi connectivity index (χ2n) is 5.33. The molecule has 0 saturated carbocycles. The van der Waals surface area contributed by atoms with Gasteiger partial charge in [-0.25, -0.2) is 0 Å². The van der Waals surface area contributed by atoms with E-state index in [1.54, 1.807) is 0 Å². The van der Waals surface area contributed by atoms with Crippen molar-refractivity contribution in [2.75, 3.05) is 0 Å². The van der Waals surface area contributed by atoms with E-state index in [1.165, 1.54) is 0 Å². The molecule has 0 aliphatic carbocycles. The normalized spacial score (nSPS) is 12.6. The van der Waals surface area contributed by atoms with Crippen LogP contribution in [0.25, 0.3) is 0 Å². The number of carbonyl (C=O) groups is 1. The van der Waals surface area contributed by atoms with Crippen molar-refractivity contribution in [3.05, 3.63) is 35.4 Å². The summed E-state index contributed by atoms with van der Waals surface area (Å²) in [6.07, 6.45) is 0.0959. The number of benzene rings is 1. The Morgan fingerprint density at radius 2 is 2.00 bits per heavy atom. The number of aryl methyl sites for hydroxylation is 1. The lowest BCUT2D eigenvalue weighted by Crippen LogP contribution is -2.24. The highest BCUT2D eigenvalue weighted by Crippen LogP contribution is 2.23. The largest absolute Gasteiger partial charge is 0.460 e. The van der Waals surface area contributed by atoms with Gasteiger partial charge in [-0.05, 0) is 38.8 Å². The zero-order valence-electron chi connectivity index (χ0n) is 11.4. The fourth-order valence-electron chi connectivity index (χ4n) is 1.75. The molecule has 0 aliphatic heterocycles. The molecule has 96 valence electrons. The van der Waals surface area contributed by atoms with Crippen molar-refractivity contribution < 1.29 is 9.53 Å². The van der Waals surface area contributed by atoms with Crippen molar-refractivity contribution in [2.24, 2.45) is 0 Å². The van der Waals surface area contributed by atoms with Crippen molar-refractivity contribution in [3.8, 4) is 6.07 Å². The average Bonchev–Trinajstić information content (AvgIpc) is 2.24. The first kappa shape index (κ1) is 14.2. The summed E-state index contributed by atoms with van der Waals surface area (Å²) >= 11 is 0. The first-order chi connectivity index (χ1) is 8.33. The molecule has 1 unspecified atom stereocenters. The molecule has 0 aliphatic rings. The van der Waals surface area contributed by atoms with E-state index in [0.717, 1.165) is 11.1 Å². The van der Waals surface area contributed by atoms with Gasteiger partial charge in [-0.2, -0.15) is 5.26 Å². The third kappa shape index (κ3) is 4.21. The van der Waals surface area contributed by atoms with Crippen LogP contribution in [0.15, 0.2) is 24.3 Å². The summed E-state index contributed by atoms with van der Waals surface area (Å²) in [5.41, 5.74) is 1.40. The van der Waals surface area contributed by atoms with E-state index in [0.29, 0.717) is 0 Å². The van der Waals surface area contributed by atoms with E-state index in [2.05, 4.69) is 6.07 Å². The molecular weight excluding hydrogens is 226 g/mol. The van der Waals surface area contributed by atoms with E-state index >= 15 is 0 Å². The maximum absolute atomic E-state index is 11.7. The van der Waals surface area contributed by atoms with Crippen molar-refractivity contribution in [3.63, 3.8) is 0 Å². The Kier molecular flexibility index (Phi) is 4.49. The van der Waals surface area contributed by atoms with Crippen LogP contribution in [0.5, 0.6) is 0 Å². The second-order valence-corrected chi connectivity index (χ2v) is 5.33. The Bertz CT molecular complexity index is 466. The molecule has 0 fully saturated rings. The van der Waals surface area contributed by atoms with E-state index in [9.17, 15) is 10.1 Å². The van der Waals surface area contributed by atoms with Crippen LogP contribution >= 0.6 is 0 Å². The number of nitriles is 1. The lowest BCUT2D eigenvalue weighted by Gasteiger charge is -2.20. The van der Waals surface area contributed by atoms with Gasteiger partial charge in [-0.1, -0.05) is 24.3 Å². The average molecular weight is 245 g/mol. The minimum absolute atomic E-state index is 0.0959. The van der Waals surface area contributed by atoms with Crippen molar-refractivity contribution in [2.45, 2.75) is 45.6 Å².